The fourth-order valence-electron chi connectivity index (χ4n) is 1.39. The zero-order chi connectivity index (χ0) is 13.0. The van der Waals surface area contributed by atoms with Crippen molar-refractivity contribution in [3.05, 3.63) is 22.2 Å². The lowest BCUT2D eigenvalue weighted by atomic mass is 10.1. The Balaban J connectivity index is 2.92. The molecule has 0 bridgehead atoms. The van der Waals surface area contributed by atoms with Gasteiger partial charge in [-0.25, -0.2) is 0 Å². The summed E-state index contributed by atoms with van der Waals surface area (Å²) in [6, 6.07) is 2.57. The molecule has 0 radical (unpaired) electrons. The van der Waals surface area contributed by atoms with E-state index in [0.717, 1.165) is 5.56 Å². The fourth-order valence-corrected chi connectivity index (χ4v) is 1.88. The number of carbonyl (C=O) groups excluding carboxylic acids is 1. The van der Waals surface area contributed by atoms with Crippen LogP contribution < -0.4 is 10.5 Å². The standard InChI is InChI=1S/C11H14BrNO4/c1-16-9-5-6(3-7(12)10(9)14)4-8(13)11(15)17-2/h3,5,8,14H,4,13H2,1-2H3. The summed E-state index contributed by atoms with van der Waals surface area (Å²) in [5.41, 5.74) is 6.41. The number of esters is 1. The zero-order valence-corrected chi connectivity index (χ0v) is 11.2. The van der Waals surface area contributed by atoms with Crippen molar-refractivity contribution in [1.82, 2.24) is 0 Å². The lowest BCUT2D eigenvalue weighted by molar-refractivity contribution is -0.142. The molecule has 0 saturated heterocycles. The van der Waals surface area contributed by atoms with E-state index in [0.29, 0.717) is 16.6 Å². The molecule has 5 nitrogen and oxygen atoms in total. The molecule has 0 spiro atoms. The summed E-state index contributed by atoms with van der Waals surface area (Å²) in [4.78, 5) is 11.2. The van der Waals surface area contributed by atoms with Crippen LogP contribution in [0.3, 0.4) is 0 Å². The number of aromatic hydroxyl groups is 1. The Morgan fingerprint density at radius 1 is 1.53 bits per heavy atom. The number of phenolic OH excluding ortho intramolecular Hbond substituents is 1. The number of hydrogen-bond donors (Lipinski definition) is 2. The van der Waals surface area contributed by atoms with Crippen LogP contribution in [0.25, 0.3) is 0 Å². The van der Waals surface area contributed by atoms with Gasteiger partial charge in [0.15, 0.2) is 11.5 Å². The molecule has 0 aromatic heterocycles. The van der Waals surface area contributed by atoms with Gasteiger partial charge in [0.25, 0.3) is 0 Å². The number of hydrogen-bond acceptors (Lipinski definition) is 5. The van der Waals surface area contributed by atoms with Crippen LogP contribution >= 0.6 is 15.9 Å². The summed E-state index contributed by atoms with van der Waals surface area (Å²) in [5.74, 6) is -0.137. The molecule has 0 saturated carbocycles. The molecule has 1 atom stereocenters. The van der Waals surface area contributed by atoms with Gasteiger partial charge in [-0.1, -0.05) is 0 Å². The van der Waals surface area contributed by atoms with Crippen molar-refractivity contribution in [2.75, 3.05) is 14.2 Å². The number of methoxy groups -OCH3 is 2. The van der Waals surface area contributed by atoms with Crippen molar-refractivity contribution in [2.24, 2.45) is 5.73 Å². The van der Waals surface area contributed by atoms with Crippen LogP contribution in [0.2, 0.25) is 0 Å². The number of ether oxygens (including phenoxy) is 2. The first kappa shape index (κ1) is 13.8. The summed E-state index contributed by atoms with van der Waals surface area (Å²) in [6.07, 6.45) is 0.307. The average Bonchev–Trinajstić information content (AvgIpc) is 2.32. The van der Waals surface area contributed by atoms with Crippen LogP contribution in [0.15, 0.2) is 16.6 Å². The van der Waals surface area contributed by atoms with E-state index in [1.807, 2.05) is 0 Å². The Labute approximate surface area is 108 Å². The third-order valence-corrected chi connectivity index (χ3v) is 2.87. The quantitative estimate of drug-likeness (QED) is 0.817. The normalized spacial score (nSPS) is 12.0. The summed E-state index contributed by atoms with van der Waals surface area (Å²) < 4.78 is 10.0. The van der Waals surface area contributed by atoms with E-state index < -0.39 is 12.0 Å². The van der Waals surface area contributed by atoms with Gasteiger partial charge in [0.2, 0.25) is 0 Å². The van der Waals surface area contributed by atoms with Crippen molar-refractivity contribution in [3.8, 4) is 11.5 Å². The molecule has 0 aliphatic carbocycles. The van der Waals surface area contributed by atoms with E-state index >= 15 is 0 Å². The van der Waals surface area contributed by atoms with E-state index in [-0.39, 0.29) is 5.75 Å². The molecule has 1 unspecified atom stereocenters. The van der Waals surface area contributed by atoms with Crippen LogP contribution in [-0.4, -0.2) is 31.3 Å². The minimum Gasteiger partial charge on any atom is -0.503 e. The molecular weight excluding hydrogens is 290 g/mol. The average molecular weight is 304 g/mol. The highest BCUT2D eigenvalue weighted by atomic mass is 79.9. The van der Waals surface area contributed by atoms with E-state index in [1.165, 1.54) is 14.2 Å². The second-order valence-electron chi connectivity index (χ2n) is 3.46. The van der Waals surface area contributed by atoms with Gasteiger partial charge in [-0.05, 0) is 40.0 Å². The predicted octanol–water partition coefficient (Wildman–Crippen LogP) is 1.21. The second-order valence-corrected chi connectivity index (χ2v) is 4.32. The van der Waals surface area contributed by atoms with Crippen molar-refractivity contribution >= 4 is 21.9 Å². The predicted molar refractivity (Wildman–Crippen MR) is 66.1 cm³/mol. The molecule has 6 heteroatoms. The van der Waals surface area contributed by atoms with Gasteiger partial charge < -0.3 is 20.3 Å². The van der Waals surface area contributed by atoms with Crippen molar-refractivity contribution in [3.63, 3.8) is 0 Å². The summed E-state index contributed by atoms with van der Waals surface area (Å²) in [5, 5.41) is 9.62. The van der Waals surface area contributed by atoms with Gasteiger partial charge in [0.05, 0.1) is 18.7 Å². The smallest absolute Gasteiger partial charge is 0.322 e. The van der Waals surface area contributed by atoms with E-state index in [1.54, 1.807) is 12.1 Å². The molecule has 0 fully saturated rings. The Bertz CT molecular complexity index is 422. The lowest BCUT2D eigenvalue weighted by Crippen LogP contribution is -2.33. The van der Waals surface area contributed by atoms with Gasteiger partial charge in [0.1, 0.15) is 6.04 Å². The molecule has 1 aromatic carbocycles. The Morgan fingerprint density at radius 3 is 2.71 bits per heavy atom. The second kappa shape index (κ2) is 5.88. The minimum absolute atomic E-state index is 0.0166. The molecule has 1 rings (SSSR count). The van der Waals surface area contributed by atoms with Crippen LogP contribution in [0.4, 0.5) is 0 Å². The van der Waals surface area contributed by atoms with Gasteiger partial charge in [0, 0.05) is 0 Å². The fraction of sp³-hybridized carbons (Fsp3) is 0.364. The first-order chi connectivity index (χ1) is 7.99. The summed E-state index contributed by atoms with van der Waals surface area (Å²) in [7, 11) is 2.74. The number of carbonyl (C=O) groups is 1. The largest absolute Gasteiger partial charge is 0.503 e. The molecule has 0 heterocycles. The Kier molecular flexibility index (Phi) is 4.77. The van der Waals surface area contributed by atoms with E-state index in [9.17, 15) is 9.90 Å². The van der Waals surface area contributed by atoms with Crippen LogP contribution in [-0.2, 0) is 16.0 Å². The molecule has 0 aliphatic heterocycles. The topological polar surface area (TPSA) is 81.8 Å². The SMILES string of the molecule is COC(=O)C(N)Cc1cc(Br)c(O)c(OC)c1. The van der Waals surface area contributed by atoms with Gasteiger partial charge >= 0.3 is 5.97 Å². The zero-order valence-electron chi connectivity index (χ0n) is 9.57. The maximum Gasteiger partial charge on any atom is 0.322 e. The number of phenols is 1. The monoisotopic (exact) mass is 303 g/mol. The van der Waals surface area contributed by atoms with Gasteiger partial charge in [-0.2, -0.15) is 0 Å². The first-order valence-electron chi connectivity index (χ1n) is 4.88. The number of halogens is 1. The number of rotatable bonds is 4. The Hall–Kier alpha value is -1.27. The van der Waals surface area contributed by atoms with Crippen LogP contribution in [0.5, 0.6) is 11.5 Å². The highest BCUT2D eigenvalue weighted by Crippen LogP contribution is 2.35. The third-order valence-electron chi connectivity index (χ3n) is 2.27. The molecule has 17 heavy (non-hydrogen) atoms. The van der Waals surface area contributed by atoms with Crippen molar-refractivity contribution < 1.29 is 19.4 Å². The molecular formula is C11H14BrNO4. The maximum absolute atomic E-state index is 11.2. The summed E-state index contributed by atoms with van der Waals surface area (Å²) >= 11 is 3.19. The van der Waals surface area contributed by atoms with E-state index in [2.05, 4.69) is 20.7 Å². The van der Waals surface area contributed by atoms with E-state index in [4.69, 9.17) is 10.5 Å². The molecule has 0 amide bonds. The van der Waals surface area contributed by atoms with Crippen molar-refractivity contribution in [2.45, 2.75) is 12.5 Å². The maximum atomic E-state index is 11.2. The highest BCUT2D eigenvalue weighted by Gasteiger charge is 2.16. The number of nitrogens with two attached hydrogens (primary N) is 1. The third kappa shape index (κ3) is 3.34. The van der Waals surface area contributed by atoms with Crippen molar-refractivity contribution in [1.29, 1.82) is 0 Å². The first-order valence-corrected chi connectivity index (χ1v) is 5.67. The van der Waals surface area contributed by atoms with Gasteiger partial charge in [-0.15, -0.1) is 0 Å². The molecule has 1 aromatic rings. The van der Waals surface area contributed by atoms with Gasteiger partial charge in [-0.3, -0.25) is 4.79 Å². The molecule has 0 aliphatic rings. The summed E-state index contributed by atoms with van der Waals surface area (Å²) in [6.45, 7) is 0. The minimum atomic E-state index is -0.735. The van der Waals surface area contributed by atoms with Crippen LogP contribution in [0.1, 0.15) is 5.56 Å². The highest BCUT2D eigenvalue weighted by molar-refractivity contribution is 9.10. The van der Waals surface area contributed by atoms with Crippen LogP contribution in [0, 0.1) is 0 Å². The molecule has 3 N–H and O–H groups in total. The number of benzene rings is 1. The molecule has 94 valence electrons. The Morgan fingerprint density at radius 2 is 2.18 bits per heavy atom. The lowest BCUT2D eigenvalue weighted by Gasteiger charge is -2.12.